The first-order valence-corrected chi connectivity index (χ1v) is 7.02. The lowest BCUT2D eigenvalue weighted by Crippen LogP contribution is -2.26. The Hall–Kier alpha value is -1.54. The predicted molar refractivity (Wildman–Crippen MR) is 79.9 cm³/mol. The highest BCUT2D eigenvalue weighted by Crippen LogP contribution is 2.40. The molecule has 3 unspecified atom stereocenters. The molecule has 0 saturated carbocycles. The van der Waals surface area contributed by atoms with Crippen molar-refractivity contribution in [3.05, 3.63) is 42.0 Å². The molecule has 2 nitrogen and oxygen atoms in total. The lowest BCUT2D eigenvalue weighted by atomic mass is 9.87. The SMILES string of the molecule is COc1ccc2ccccc2c1C1CC(C)NC1C. The van der Waals surface area contributed by atoms with E-state index in [0.717, 1.165) is 5.75 Å². The number of ether oxygens (including phenoxy) is 1. The molecule has 3 rings (SSSR count). The summed E-state index contributed by atoms with van der Waals surface area (Å²) in [4.78, 5) is 0. The Kier molecular flexibility index (Phi) is 3.19. The molecule has 0 amide bonds. The third-order valence-electron chi connectivity index (χ3n) is 4.28. The van der Waals surface area contributed by atoms with Gasteiger partial charge in [-0.2, -0.15) is 0 Å². The molecule has 0 spiro atoms. The van der Waals surface area contributed by atoms with Gasteiger partial charge in [-0.3, -0.25) is 0 Å². The third-order valence-corrected chi connectivity index (χ3v) is 4.28. The van der Waals surface area contributed by atoms with E-state index in [1.807, 2.05) is 0 Å². The van der Waals surface area contributed by atoms with Crippen LogP contribution in [0, 0.1) is 0 Å². The van der Waals surface area contributed by atoms with Crippen LogP contribution in [-0.4, -0.2) is 19.2 Å². The van der Waals surface area contributed by atoms with E-state index in [9.17, 15) is 0 Å². The zero-order valence-corrected chi connectivity index (χ0v) is 11.8. The summed E-state index contributed by atoms with van der Waals surface area (Å²) in [5.41, 5.74) is 1.37. The van der Waals surface area contributed by atoms with Crippen molar-refractivity contribution >= 4 is 10.8 Å². The molecular formula is C17H21NO. The Morgan fingerprint density at radius 3 is 2.58 bits per heavy atom. The summed E-state index contributed by atoms with van der Waals surface area (Å²) in [6.45, 7) is 4.53. The van der Waals surface area contributed by atoms with Gasteiger partial charge in [0.1, 0.15) is 5.75 Å². The summed E-state index contributed by atoms with van der Waals surface area (Å²) in [5.74, 6) is 1.54. The highest BCUT2D eigenvalue weighted by Gasteiger charge is 2.32. The lowest BCUT2D eigenvalue weighted by Gasteiger charge is -2.20. The van der Waals surface area contributed by atoms with Crippen LogP contribution < -0.4 is 10.1 Å². The first kappa shape index (κ1) is 12.5. The standard InChI is InChI=1S/C17H21NO/c1-11-10-15(12(2)18-11)17-14-7-5-4-6-13(14)8-9-16(17)19-3/h4-9,11-12,15,18H,10H2,1-3H3. The topological polar surface area (TPSA) is 21.3 Å². The monoisotopic (exact) mass is 255 g/mol. The molecule has 1 aliphatic rings. The summed E-state index contributed by atoms with van der Waals surface area (Å²) in [6, 6.07) is 13.9. The Morgan fingerprint density at radius 2 is 1.89 bits per heavy atom. The van der Waals surface area contributed by atoms with Crippen molar-refractivity contribution in [1.82, 2.24) is 5.32 Å². The van der Waals surface area contributed by atoms with Crippen molar-refractivity contribution in [1.29, 1.82) is 0 Å². The second-order valence-corrected chi connectivity index (χ2v) is 5.60. The Labute approximate surface area is 114 Å². The number of nitrogens with one attached hydrogen (secondary N) is 1. The summed E-state index contributed by atoms with van der Waals surface area (Å²) in [7, 11) is 1.77. The van der Waals surface area contributed by atoms with Gasteiger partial charge >= 0.3 is 0 Å². The van der Waals surface area contributed by atoms with Crippen LogP contribution in [0.25, 0.3) is 10.8 Å². The maximum Gasteiger partial charge on any atom is 0.123 e. The van der Waals surface area contributed by atoms with E-state index in [-0.39, 0.29) is 0 Å². The number of benzene rings is 2. The number of hydrogen-bond donors (Lipinski definition) is 1. The fraction of sp³-hybridized carbons (Fsp3) is 0.412. The molecule has 2 heteroatoms. The van der Waals surface area contributed by atoms with Gasteiger partial charge in [-0.15, -0.1) is 0 Å². The van der Waals surface area contributed by atoms with Gasteiger partial charge in [0, 0.05) is 23.6 Å². The lowest BCUT2D eigenvalue weighted by molar-refractivity contribution is 0.404. The first-order valence-electron chi connectivity index (χ1n) is 7.02. The van der Waals surface area contributed by atoms with Gasteiger partial charge in [0.15, 0.2) is 0 Å². The molecule has 1 fully saturated rings. The van der Waals surface area contributed by atoms with Crippen molar-refractivity contribution in [2.24, 2.45) is 0 Å². The van der Waals surface area contributed by atoms with E-state index < -0.39 is 0 Å². The second-order valence-electron chi connectivity index (χ2n) is 5.60. The number of methoxy groups -OCH3 is 1. The van der Waals surface area contributed by atoms with Crippen LogP contribution >= 0.6 is 0 Å². The predicted octanol–water partition coefficient (Wildman–Crippen LogP) is 3.70. The smallest absolute Gasteiger partial charge is 0.123 e. The maximum absolute atomic E-state index is 5.62. The highest BCUT2D eigenvalue weighted by atomic mass is 16.5. The molecule has 19 heavy (non-hydrogen) atoms. The average molecular weight is 255 g/mol. The zero-order valence-electron chi connectivity index (χ0n) is 11.8. The Morgan fingerprint density at radius 1 is 1.11 bits per heavy atom. The van der Waals surface area contributed by atoms with Gasteiger partial charge in [-0.25, -0.2) is 0 Å². The van der Waals surface area contributed by atoms with Gasteiger partial charge < -0.3 is 10.1 Å². The molecule has 1 N–H and O–H groups in total. The largest absolute Gasteiger partial charge is 0.496 e. The molecule has 3 atom stereocenters. The molecule has 0 bridgehead atoms. The molecule has 100 valence electrons. The van der Waals surface area contributed by atoms with Crippen LogP contribution in [-0.2, 0) is 0 Å². The van der Waals surface area contributed by atoms with Crippen molar-refractivity contribution in [3.63, 3.8) is 0 Å². The van der Waals surface area contributed by atoms with Crippen molar-refractivity contribution in [3.8, 4) is 5.75 Å². The Bertz CT molecular complexity index is 593. The van der Waals surface area contributed by atoms with Gasteiger partial charge in [-0.1, -0.05) is 30.3 Å². The van der Waals surface area contributed by atoms with E-state index in [1.54, 1.807) is 7.11 Å². The quantitative estimate of drug-likeness (QED) is 0.883. The van der Waals surface area contributed by atoms with Gasteiger partial charge in [0.25, 0.3) is 0 Å². The van der Waals surface area contributed by atoms with Crippen LogP contribution in [0.4, 0.5) is 0 Å². The Balaban J connectivity index is 2.20. The molecule has 0 radical (unpaired) electrons. The average Bonchev–Trinajstić information content (AvgIpc) is 2.76. The normalized spacial score (nSPS) is 26.8. The molecule has 0 aromatic heterocycles. The van der Waals surface area contributed by atoms with Crippen LogP contribution in [0.3, 0.4) is 0 Å². The van der Waals surface area contributed by atoms with Gasteiger partial charge in [0.2, 0.25) is 0 Å². The van der Waals surface area contributed by atoms with E-state index >= 15 is 0 Å². The third kappa shape index (κ3) is 2.10. The fourth-order valence-electron chi connectivity index (χ4n) is 3.42. The maximum atomic E-state index is 5.62. The number of hydrogen-bond acceptors (Lipinski definition) is 2. The van der Waals surface area contributed by atoms with E-state index in [2.05, 4.69) is 55.6 Å². The fourth-order valence-corrected chi connectivity index (χ4v) is 3.42. The van der Waals surface area contributed by atoms with E-state index in [0.29, 0.717) is 18.0 Å². The van der Waals surface area contributed by atoms with Crippen LogP contribution in [0.2, 0.25) is 0 Å². The van der Waals surface area contributed by atoms with Crippen molar-refractivity contribution < 1.29 is 4.74 Å². The molecule has 1 aliphatic heterocycles. The molecule has 2 aromatic carbocycles. The minimum atomic E-state index is 0.495. The highest BCUT2D eigenvalue weighted by molar-refractivity contribution is 5.88. The molecule has 1 saturated heterocycles. The van der Waals surface area contributed by atoms with Gasteiger partial charge in [0.05, 0.1) is 7.11 Å². The van der Waals surface area contributed by atoms with Crippen LogP contribution in [0.5, 0.6) is 5.75 Å². The summed E-state index contributed by atoms with van der Waals surface area (Å²) in [6.07, 6.45) is 1.17. The van der Waals surface area contributed by atoms with Crippen molar-refractivity contribution in [2.75, 3.05) is 7.11 Å². The van der Waals surface area contributed by atoms with Crippen molar-refractivity contribution in [2.45, 2.75) is 38.3 Å². The molecule has 0 aliphatic carbocycles. The molecular weight excluding hydrogens is 234 g/mol. The van der Waals surface area contributed by atoms with Crippen LogP contribution in [0.15, 0.2) is 36.4 Å². The molecule has 1 heterocycles. The van der Waals surface area contributed by atoms with Gasteiger partial charge in [-0.05, 0) is 37.1 Å². The zero-order chi connectivity index (χ0) is 13.4. The second kappa shape index (κ2) is 4.86. The summed E-state index contributed by atoms with van der Waals surface area (Å²) < 4.78 is 5.62. The summed E-state index contributed by atoms with van der Waals surface area (Å²) >= 11 is 0. The minimum absolute atomic E-state index is 0.495. The minimum Gasteiger partial charge on any atom is -0.496 e. The number of rotatable bonds is 2. The van der Waals surface area contributed by atoms with E-state index in [1.165, 1.54) is 22.8 Å². The number of fused-ring (bicyclic) bond motifs is 1. The first-order chi connectivity index (χ1) is 9.20. The van der Waals surface area contributed by atoms with E-state index in [4.69, 9.17) is 4.74 Å². The molecule has 2 aromatic rings. The van der Waals surface area contributed by atoms with Crippen LogP contribution in [0.1, 0.15) is 31.7 Å². The summed E-state index contributed by atoms with van der Waals surface area (Å²) in [5, 5.41) is 6.25.